The Labute approximate surface area is 115 Å². The van der Waals surface area contributed by atoms with Gasteiger partial charge in [-0.2, -0.15) is 0 Å². The van der Waals surface area contributed by atoms with E-state index < -0.39 is 0 Å². The van der Waals surface area contributed by atoms with Crippen LogP contribution < -0.4 is 12.4 Å². The fourth-order valence-corrected chi connectivity index (χ4v) is 1.90. The van der Waals surface area contributed by atoms with Crippen molar-refractivity contribution in [2.24, 2.45) is 0 Å². The average Bonchev–Trinajstić information content (AvgIpc) is 2.21. The van der Waals surface area contributed by atoms with Crippen LogP contribution >= 0.6 is 0 Å². The molecule has 0 unspecified atom stereocenters. The van der Waals surface area contributed by atoms with Crippen LogP contribution in [0, 0.1) is 0 Å². The molecule has 0 radical (unpaired) electrons. The van der Waals surface area contributed by atoms with E-state index in [1.807, 2.05) is 0 Å². The number of hydrogen-bond acceptors (Lipinski definition) is 1. The first-order valence-electron chi connectivity index (χ1n) is 6.94. The zero-order valence-corrected chi connectivity index (χ0v) is 13.4. The molecule has 0 aliphatic heterocycles. The quantitative estimate of drug-likeness (QED) is 0.396. The summed E-state index contributed by atoms with van der Waals surface area (Å²) >= 11 is 0. The molecule has 17 heavy (non-hydrogen) atoms. The van der Waals surface area contributed by atoms with E-state index in [0.29, 0.717) is 0 Å². The third kappa shape index (κ3) is 14.1. The lowest BCUT2D eigenvalue weighted by Gasteiger charge is -2.31. The molecule has 0 heterocycles. The highest BCUT2D eigenvalue weighted by Crippen LogP contribution is 2.08. The van der Waals surface area contributed by atoms with E-state index in [0.717, 1.165) is 0 Å². The minimum absolute atomic E-state index is 0. The van der Waals surface area contributed by atoms with Crippen LogP contribution in [0.4, 0.5) is 0 Å². The number of likely N-dealkylation sites (N-methyl/N-ethyl adjacent to an activating group) is 2. The van der Waals surface area contributed by atoms with Gasteiger partial charge in [-0.25, -0.2) is 0 Å². The normalized spacial score (nSPS) is 11.6. The van der Waals surface area contributed by atoms with Crippen LogP contribution in [0.25, 0.3) is 0 Å². The summed E-state index contributed by atoms with van der Waals surface area (Å²) in [6.45, 7) is 6.08. The second-order valence-corrected chi connectivity index (χ2v) is 5.95. The summed E-state index contributed by atoms with van der Waals surface area (Å²) in [5.41, 5.74) is 0. The highest BCUT2D eigenvalue weighted by molar-refractivity contribution is 4.46. The molecule has 0 fully saturated rings. The van der Waals surface area contributed by atoms with Crippen molar-refractivity contribution in [2.75, 3.05) is 47.8 Å². The molecular weight excluding hydrogens is 232 g/mol. The fraction of sp³-hybridized carbons (Fsp3) is 1.00. The molecule has 0 bridgehead atoms. The molecule has 0 saturated heterocycles. The van der Waals surface area contributed by atoms with Crippen LogP contribution in [0.15, 0.2) is 0 Å². The Hall–Kier alpha value is 0.210. The Morgan fingerprint density at radius 3 is 1.88 bits per heavy atom. The standard InChI is InChI=1S/C14H33N2.ClH/c1-6-7-8-9-10-11-13-16(4,5)14-12-15(2)3;/h6-14H2,1-5H3;1H/q+1;/p-1. The summed E-state index contributed by atoms with van der Waals surface area (Å²) in [5.74, 6) is 0. The maximum atomic E-state index is 2.36. The van der Waals surface area contributed by atoms with Crippen molar-refractivity contribution < 1.29 is 16.9 Å². The first-order chi connectivity index (χ1) is 7.48. The molecule has 0 aromatic carbocycles. The van der Waals surface area contributed by atoms with Gasteiger partial charge in [-0.1, -0.05) is 32.6 Å². The molecule has 0 rings (SSSR count). The number of halogens is 1. The van der Waals surface area contributed by atoms with Gasteiger partial charge in [-0.05, 0) is 26.9 Å². The summed E-state index contributed by atoms with van der Waals surface area (Å²) in [5, 5.41) is 0. The first-order valence-corrected chi connectivity index (χ1v) is 6.94. The second-order valence-electron chi connectivity index (χ2n) is 5.95. The van der Waals surface area contributed by atoms with Crippen molar-refractivity contribution in [1.82, 2.24) is 4.90 Å². The summed E-state index contributed by atoms with van der Waals surface area (Å²) in [6, 6.07) is 0. The molecule has 106 valence electrons. The van der Waals surface area contributed by atoms with Crippen molar-refractivity contribution in [3.63, 3.8) is 0 Å². The Balaban J connectivity index is 0. The predicted octanol–water partition coefficient (Wildman–Crippen LogP) is -0.0111. The molecule has 0 spiro atoms. The lowest BCUT2D eigenvalue weighted by molar-refractivity contribution is -0.890. The fourth-order valence-electron chi connectivity index (χ4n) is 1.90. The third-order valence-corrected chi connectivity index (χ3v) is 3.27. The van der Waals surface area contributed by atoms with Crippen LogP contribution in [0.3, 0.4) is 0 Å². The van der Waals surface area contributed by atoms with Gasteiger partial charge in [0.25, 0.3) is 0 Å². The van der Waals surface area contributed by atoms with Crippen molar-refractivity contribution in [1.29, 1.82) is 0 Å². The lowest BCUT2D eigenvalue weighted by atomic mass is 10.1. The van der Waals surface area contributed by atoms with Gasteiger partial charge in [0.05, 0.1) is 27.2 Å². The molecule has 0 amide bonds. The van der Waals surface area contributed by atoms with Crippen LogP contribution in [-0.2, 0) is 0 Å². The average molecular weight is 265 g/mol. The van der Waals surface area contributed by atoms with Gasteiger partial charge in [0, 0.05) is 6.54 Å². The monoisotopic (exact) mass is 264 g/mol. The Morgan fingerprint density at radius 1 is 0.824 bits per heavy atom. The van der Waals surface area contributed by atoms with E-state index in [1.54, 1.807) is 0 Å². The number of hydrogen-bond donors (Lipinski definition) is 0. The second kappa shape index (κ2) is 11.3. The first kappa shape index (κ1) is 19.5. The van der Waals surface area contributed by atoms with Crippen LogP contribution in [0.5, 0.6) is 0 Å². The molecule has 0 saturated carbocycles. The molecule has 0 atom stereocenters. The van der Waals surface area contributed by atoms with E-state index >= 15 is 0 Å². The molecule has 0 aliphatic carbocycles. The lowest BCUT2D eigenvalue weighted by Crippen LogP contribution is -3.00. The topological polar surface area (TPSA) is 3.24 Å². The van der Waals surface area contributed by atoms with Crippen LogP contribution in [0.1, 0.15) is 45.4 Å². The molecule has 3 heteroatoms. The van der Waals surface area contributed by atoms with E-state index in [9.17, 15) is 0 Å². The number of quaternary nitrogens is 1. The maximum absolute atomic E-state index is 2.36. The Kier molecular flexibility index (Phi) is 13.0. The molecule has 0 N–H and O–H groups in total. The summed E-state index contributed by atoms with van der Waals surface area (Å²) < 4.78 is 1.17. The SMILES string of the molecule is CCCCCCCC[N+](C)(C)CCN(C)C.[Cl-]. The van der Waals surface area contributed by atoms with Gasteiger partial charge in [0.2, 0.25) is 0 Å². The number of unbranched alkanes of at least 4 members (excludes halogenated alkanes) is 5. The van der Waals surface area contributed by atoms with E-state index in [-0.39, 0.29) is 12.4 Å². The van der Waals surface area contributed by atoms with Gasteiger partial charge in [-0.15, -0.1) is 0 Å². The molecule has 0 aromatic heterocycles. The molecule has 0 aliphatic rings. The predicted molar refractivity (Wildman–Crippen MR) is 73.8 cm³/mol. The van der Waals surface area contributed by atoms with Gasteiger partial charge >= 0.3 is 0 Å². The molecular formula is C14H33ClN2. The smallest absolute Gasteiger partial charge is 0.0911 e. The largest absolute Gasteiger partial charge is 1.00 e. The van der Waals surface area contributed by atoms with Crippen LogP contribution in [0.2, 0.25) is 0 Å². The highest BCUT2D eigenvalue weighted by atomic mass is 35.5. The van der Waals surface area contributed by atoms with E-state index in [1.165, 1.54) is 62.6 Å². The van der Waals surface area contributed by atoms with Crippen molar-refractivity contribution in [2.45, 2.75) is 45.4 Å². The summed E-state index contributed by atoms with van der Waals surface area (Å²) in [6.07, 6.45) is 8.44. The van der Waals surface area contributed by atoms with Gasteiger partial charge in [0.15, 0.2) is 0 Å². The van der Waals surface area contributed by atoms with Gasteiger partial charge in [0.1, 0.15) is 0 Å². The zero-order chi connectivity index (χ0) is 12.4. The zero-order valence-electron chi connectivity index (χ0n) is 12.6. The third-order valence-electron chi connectivity index (χ3n) is 3.27. The van der Waals surface area contributed by atoms with Crippen LogP contribution in [-0.4, -0.2) is 57.2 Å². The Morgan fingerprint density at radius 2 is 1.35 bits per heavy atom. The maximum Gasteiger partial charge on any atom is 0.0911 e. The number of rotatable bonds is 10. The van der Waals surface area contributed by atoms with Gasteiger partial charge in [-0.3, -0.25) is 0 Å². The summed E-state index contributed by atoms with van der Waals surface area (Å²) in [7, 11) is 9.03. The van der Waals surface area contributed by atoms with Crippen molar-refractivity contribution in [3.8, 4) is 0 Å². The van der Waals surface area contributed by atoms with E-state index in [4.69, 9.17) is 0 Å². The molecule has 0 aromatic rings. The van der Waals surface area contributed by atoms with Gasteiger partial charge < -0.3 is 21.8 Å². The summed E-state index contributed by atoms with van der Waals surface area (Å²) in [4.78, 5) is 2.28. The van der Waals surface area contributed by atoms with Crippen molar-refractivity contribution in [3.05, 3.63) is 0 Å². The minimum Gasteiger partial charge on any atom is -1.00 e. The van der Waals surface area contributed by atoms with Crippen molar-refractivity contribution >= 4 is 0 Å². The van der Waals surface area contributed by atoms with E-state index in [2.05, 4.69) is 40.0 Å². The Bertz CT molecular complexity index is 158. The minimum atomic E-state index is 0. The highest BCUT2D eigenvalue weighted by Gasteiger charge is 2.13. The number of nitrogens with zero attached hydrogens (tertiary/aromatic N) is 2. The molecule has 2 nitrogen and oxygen atoms in total.